The van der Waals surface area contributed by atoms with Crippen LogP contribution in [0.1, 0.15) is 438 Å². The number of hydrogen-bond donors (Lipinski definition) is 0. The maximum Gasteiger partial charge on any atom is 0.306 e. The topological polar surface area (TPSA) is 111 Å². The summed E-state index contributed by atoms with van der Waals surface area (Å²) in [6.07, 6.45) is 115. The smallest absolute Gasteiger partial charge is 0.306 e. The van der Waals surface area contributed by atoms with Gasteiger partial charge in [0.1, 0.15) is 19.8 Å². The number of nitrogens with zero attached hydrogens (tertiary/aromatic N) is 1. The van der Waals surface area contributed by atoms with Crippen LogP contribution in [0.5, 0.6) is 0 Å². The second-order valence-corrected chi connectivity index (χ2v) is 32.6. The van der Waals surface area contributed by atoms with E-state index in [1.165, 1.54) is 334 Å². The quantitative estimate of drug-likeness (QED) is 0.0195. The summed E-state index contributed by atoms with van der Waals surface area (Å²) >= 11 is 0. The molecule has 2 unspecified atom stereocenters. The summed E-state index contributed by atoms with van der Waals surface area (Å²) in [5, 5.41) is 0. The van der Waals surface area contributed by atoms with Crippen molar-refractivity contribution in [1.82, 2.24) is 0 Å². The first-order chi connectivity index (χ1) is 50.0. The third kappa shape index (κ3) is 86.1. The normalized spacial score (nSPS) is 13.4. The summed E-state index contributed by atoms with van der Waals surface area (Å²) in [4.78, 5) is 38.3. The Hall–Kier alpha value is -2.81. The number of phosphoric acid groups is 1. The molecule has 9 nitrogen and oxygen atoms in total. The summed E-state index contributed by atoms with van der Waals surface area (Å²) in [5.41, 5.74) is 0. The van der Waals surface area contributed by atoms with E-state index in [0.29, 0.717) is 17.4 Å². The number of hydrogen-bond acceptors (Lipinski definition) is 8. The lowest BCUT2D eigenvalue weighted by Crippen LogP contribution is -2.37. The van der Waals surface area contributed by atoms with Gasteiger partial charge in [-0.2, -0.15) is 0 Å². The Balaban J connectivity index is 3.86. The van der Waals surface area contributed by atoms with Crippen molar-refractivity contribution >= 4 is 19.8 Å². The number of allylic oxidation sites excluding steroid dienone is 14. The van der Waals surface area contributed by atoms with Crippen molar-refractivity contribution in [3.8, 4) is 0 Å². The molecule has 0 amide bonds. The monoisotopic (exact) mass is 1450 g/mol. The number of quaternary nitrogens is 1. The molecule has 102 heavy (non-hydrogen) atoms. The summed E-state index contributed by atoms with van der Waals surface area (Å²) in [5.74, 6) is -0.809. The highest BCUT2D eigenvalue weighted by molar-refractivity contribution is 7.45. The van der Waals surface area contributed by atoms with E-state index < -0.39 is 26.5 Å². The molecule has 10 heteroatoms. The first kappa shape index (κ1) is 99.2. The zero-order valence-corrected chi connectivity index (χ0v) is 69.2. The van der Waals surface area contributed by atoms with Gasteiger partial charge in [0, 0.05) is 12.8 Å². The van der Waals surface area contributed by atoms with Crippen molar-refractivity contribution in [1.29, 1.82) is 0 Å². The van der Waals surface area contributed by atoms with Crippen LogP contribution >= 0.6 is 7.82 Å². The van der Waals surface area contributed by atoms with Crippen LogP contribution in [0, 0.1) is 0 Å². The first-order valence-electron chi connectivity index (χ1n) is 44.3. The molecule has 0 aromatic rings. The highest BCUT2D eigenvalue weighted by Crippen LogP contribution is 2.38. The molecule has 0 heterocycles. The first-order valence-corrected chi connectivity index (χ1v) is 45.8. The second-order valence-electron chi connectivity index (χ2n) is 31.2. The van der Waals surface area contributed by atoms with Crippen molar-refractivity contribution < 1.29 is 42.1 Å². The highest BCUT2D eigenvalue weighted by Gasteiger charge is 2.22. The van der Waals surface area contributed by atoms with Gasteiger partial charge in [0.2, 0.25) is 0 Å². The van der Waals surface area contributed by atoms with Gasteiger partial charge in [-0.25, -0.2) is 0 Å². The van der Waals surface area contributed by atoms with Crippen molar-refractivity contribution in [3.05, 3.63) is 85.1 Å². The van der Waals surface area contributed by atoms with E-state index in [2.05, 4.69) is 98.9 Å². The van der Waals surface area contributed by atoms with Gasteiger partial charge in [0.05, 0.1) is 27.7 Å². The van der Waals surface area contributed by atoms with Gasteiger partial charge in [-0.05, 0) is 89.9 Å². The molecule has 0 aromatic heterocycles. The van der Waals surface area contributed by atoms with E-state index in [1.807, 2.05) is 21.1 Å². The summed E-state index contributed by atoms with van der Waals surface area (Å²) in [6.45, 7) is 4.19. The van der Waals surface area contributed by atoms with Crippen LogP contribution < -0.4 is 4.89 Å². The molecule has 0 saturated carbocycles. The minimum Gasteiger partial charge on any atom is -0.756 e. The van der Waals surface area contributed by atoms with E-state index in [-0.39, 0.29) is 32.0 Å². The maximum atomic E-state index is 12.9. The third-order valence-corrected chi connectivity index (χ3v) is 20.9. The van der Waals surface area contributed by atoms with Crippen LogP contribution in [0.25, 0.3) is 0 Å². The van der Waals surface area contributed by atoms with E-state index in [1.54, 1.807) is 0 Å². The summed E-state index contributed by atoms with van der Waals surface area (Å²) in [6, 6.07) is 0. The average Bonchev–Trinajstić information content (AvgIpc) is 0.914. The van der Waals surface area contributed by atoms with Gasteiger partial charge in [0.15, 0.2) is 6.10 Å². The zero-order chi connectivity index (χ0) is 74.0. The van der Waals surface area contributed by atoms with E-state index >= 15 is 0 Å². The number of unbranched alkanes of at least 4 members (excludes halogenated alkanes) is 55. The molecule has 0 bridgehead atoms. The molecule has 0 fully saturated rings. The Morgan fingerprint density at radius 1 is 0.314 bits per heavy atom. The molecular weight excluding hydrogens is 1280 g/mol. The Kier molecular flexibility index (Phi) is 80.0. The molecule has 0 N–H and O–H groups in total. The van der Waals surface area contributed by atoms with Gasteiger partial charge in [-0.15, -0.1) is 0 Å². The summed E-state index contributed by atoms with van der Waals surface area (Å²) in [7, 11) is 1.19. The van der Waals surface area contributed by atoms with Crippen molar-refractivity contribution in [2.75, 3.05) is 47.5 Å². The molecule has 0 aromatic carbocycles. The Labute approximate surface area is 634 Å². The zero-order valence-electron chi connectivity index (χ0n) is 68.3. The molecular formula is C92H170NO8P. The van der Waals surface area contributed by atoms with Crippen LogP contribution in [0.2, 0.25) is 0 Å². The predicted molar refractivity (Wildman–Crippen MR) is 443 cm³/mol. The average molecular weight is 1450 g/mol. The van der Waals surface area contributed by atoms with Gasteiger partial charge in [0.25, 0.3) is 7.82 Å². The van der Waals surface area contributed by atoms with Crippen molar-refractivity contribution in [2.45, 2.75) is 444 Å². The number of ether oxygens (including phenoxy) is 2. The van der Waals surface area contributed by atoms with Gasteiger partial charge in [-0.1, -0.05) is 420 Å². The van der Waals surface area contributed by atoms with Crippen LogP contribution in [0.3, 0.4) is 0 Å². The number of phosphoric ester groups is 1. The number of carbonyl (C=O) groups excluding carboxylic acids is 2. The minimum absolute atomic E-state index is 0.0288. The fraction of sp³-hybridized carbons (Fsp3) is 0.826. The van der Waals surface area contributed by atoms with E-state index in [0.717, 1.165) is 70.6 Å². The maximum absolute atomic E-state index is 12.9. The van der Waals surface area contributed by atoms with Gasteiger partial charge in [-0.3, -0.25) is 14.2 Å². The van der Waals surface area contributed by atoms with Crippen molar-refractivity contribution in [2.24, 2.45) is 0 Å². The number of esters is 2. The lowest BCUT2D eigenvalue weighted by molar-refractivity contribution is -0.870. The SMILES string of the molecule is CC/C=C\C/C=C\C/C=C\C/C=C\C/C=C\CCCCCCCCCCCCCCCCCCCCCCCCCC(=O)OC(COC(=O)CCCCCCCCCCCCCCCCCCCCCCCCCCCCC/C=C\C/C=C\CCCCCCC)COP(=O)([O-])OCC[N+](C)(C)C. The molecule has 596 valence electrons. The molecule has 2 atom stereocenters. The fourth-order valence-electron chi connectivity index (χ4n) is 13.2. The van der Waals surface area contributed by atoms with Crippen LogP contribution in [-0.4, -0.2) is 70.0 Å². The third-order valence-electron chi connectivity index (χ3n) is 19.9. The molecule has 0 aliphatic rings. The molecule has 0 saturated heterocycles. The Morgan fingerprint density at radius 2 is 0.559 bits per heavy atom. The van der Waals surface area contributed by atoms with E-state index in [9.17, 15) is 19.0 Å². The molecule has 0 aliphatic heterocycles. The number of rotatable bonds is 83. The Bertz CT molecular complexity index is 2000. The van der Waals surface area contributed by atoms with Crippen LogP contribution in [-0.2, 0) is 32.7 Å². The van der Waals surface area contributed by atoms with Crippen LogP contribution in [0.4, 0.5) is 0 Å². The van der Waals surface area contributed by atoms with Gasteiger partial charge < -0.3 is 27.9 Å². The molecule has 0 radical (unpaired) electrons. The number of likely N-dealkylation sites (N-methyl/N-ethyl adjacent to an activating group) is 1. The number of carbonyl (C=O) groups is 2. The predicted octanol–water partition coefficient (Wildman–Crippen LogP) is 29.3. The van der Waals surface area contributed by atoms with E-state index in [4.69, 9.17) is 18.5 Å². The second kappa shape index (κ2) is 82.3. The van der Waals surface area contributed by atoms with Crippen LogP contribution in [0.15, 0.2) is 85.1 Å². The standard InChI is InChI=1S/C92H170NO8P/c1-6-8-10-12-14-16-18-20-22-24-26-28-30-32-34-36-38-40-42-44-46-48-50-52-54-56-58-60-62-64-66-68-70-72-74-76-78-80-82-84-91(94)98-88-90(89-100-102(96,97)99-87-86-93(3,4)5)101-92(95)85-83-81-79-77-75-73-71-69-67-65-63-61-59-57-55-53-51-49-47-45-43-41-39-37-35-33-31-29-27-25-23-21-19-17-15-13-11-9-7-2/h9,11,15,17-18,20-21,23-24,26-27,29,33,35,90H,6-8,10,12-14,16,19,22,25,28,30-32,34,36-89H2,1-5H3/b11-9-,17-15-,20-18-,23-21-,26-24-,29-27-,35-33-. The highest BCUT2D eigenvalue weighted by atomic mass is 31.2. The largest absolute Gasteiger partial charge is 0.756 e. The molecule has 0 spiro atoms. The Morgan fingerprint density at radius 3 is 0.833 bits per heavy atom. The minimum atomic E-state index is -4.65. The lowest BCUT2D eigenvalue weighted by Gasteiger charge is -2.28. The van der Waals surface area contributed by atoms with Gasteiger partial charge >= 0.3 is 11.9 Å². The summed E-state index contributed by atoms with van der Waals surface area (Å²) < 4.78 is 34.5. The fourth-order valence-corrected chi connectivity index (χ4v) is 13.9. The molecule has 0 rings (SSSR count). The van der Waals surface area contributed by atoms with Crippen molar-refractivity contribution in [3.63, 3.8) is 0 Å². The lowest BCUT2D eigenvalue weighted by atomic mass is 10.0. The molecule has 0 aliphatic carbocycles.